The van der Waals surface area contributed by atoms with Crippen molar-refractivity contribution in [3.8, 4) is 67.9 Å². The lowest BCUT2D eigenvalue weighted by Crippen LogP contribution is -2.00. The summed E-state index contributed by atoms with van der Waals surface area (Å²) in [5.41, 5.74) is 9.44. The number of hydrogen-bond donors (Lipinski definition) is 0. The SMILES string of the molecule is c1ccc(-c2nc(-c3ccccc3)nc(-c3cc(-c4ccc5oc(-c6ccccc6)nc5c4)cc(-c4cc5ccccc5c5ccccc45)c3)n2)cc1. The maximum Gasteiger partial charge on any atom is 0.227 e. The second kappa shape index (κ2) is 12.8. The first-order valence-corrected chi connectivity index (χ1v) is 17.6. The molecular formula is C48H30N4O. The Morgan fingerprint density at radius 2 is 0.849 bits per heavy atom. The largest absolute Gasteiger partial charge is 0.436 e. The van der Waals surface area contributed by atoms with Crippen LogP contribution >= 0.6 is 0 Å². The minimum Gasteiger partial charge on any atom is -0.436 e. The molecule has 0 bridgehead atoms. The molecule has 0 fully saturated rings. The van der Waals surface area contributed by atoms with Crippen molar-refractivity contribution < 1.29 is 4.42 Å². The molecular weight excluding hydrogens is 649 g/mol. The van der Waals surface area contributed by atoms with Gasteiger partial charge in [0.05, 0.1) is 0 Å². The van der Waals surface area contributed by atoms with Gasteiger partial charge in [-0.05, 0) is 92.3 Å². The number of benzene rings is 8. The Kier molecular flexibility index (Phi) is 7.40. The van der Waals surface area contributed by atoms with E-state index in [1.165, 1.54) is 21.5 Å². The van der Waals surface area contributed by atoms with Crippen molar-refractivity contribution >= 4 is 32.6 Å². The van der Waals surface area contributed by atoms with E-state index in [0.717, 1.165) is 55.6 Å². The number of aromatic nitrogens is 4. The molecule has 53 heavy (non-hydrogen) atoms. The molecule has 5 nitrogen and oxygen atoms in total. The monoisotopic (exact) mass is 678 g/mol. The summed E-state index contributed by atoms with van der Waals surface area (Å²) in [7, 11) is 0. The molecule has 5 heteroatoms. The van der Waals surface area contributed by atoms with Gasteiger partial charge in [0, 0.05) is 22.3 Å². The Morgan fingerprint density at radius 3 is 1.53 bits per heavy atom. The normalized spacial score (nSPS) is 11.4. The van der Waals surface area contributed by atoms with Gasteiger partial charge in [-0.25, -0.2) is 19.9 Å². The van der Waals surface area contributed by atoms with E-state index in [2.05, 4.69) is 84.9 Å². The van der Waals surface area contributed by atoms with Gasteiger partial charge in [0.2, 0.25) is 5.89 Å². The van der Waals surface area contributed by atoms with Crippen LogP contribution < -0.4 is 0 Å². The first-order valence-electron chi connectivity index (χ1n) is 17.6. The summed E-state index contributed by atoms with van der Waals surface area (Å²) in [6.45, 7) is 0. The predicted molar refractivity (Wildman–Crippen MR) is 215 cm³/mol. The van der Waals surface area contributed by atoms with E-state index in [4.69, 9.17) is 24.4 Å². The molecule has 0 spiro atoms. The molecule has 0 aliphatic heterocycles. The number of nitrogens with zero attached hydrogens (tertiary/aromatic N) is 4. The molecule has 0 saturated heterocycles. The number of oxazole rings is 1. The molecule has 0 aliphatic rings. The van der Waals surface area contributed by atoms with E-state index in [-0.39, 0.29) is 0 Å². The summed E-state index contributed by atoms with van der Waals surface area (Å²) in [6, 6.07) is 62.5. The maximum atomic E-state index is 6.19. The molecule has 10 rings (SSSR count). The highest BCUT2D eigenvalue weighted by molar-refractivity contribution is 6.14. The standard InChI is InChI=1S/C48H30N4O/c1-4-14-31(15-5-1)45-50-46(32-16-6-2-7-17-32)52-47(51-45)38-27-36(34-24-25-44-43(30-34)49-48(53-44)33-18-8-3-9-19-33)26-37(28-38)42-29-35-20-10-11-21-39(35)40-22-12-13-23-41(40)42/h1-30H. The topological polar surface area (TPSA) is 64.7 Å². The van der Waals surface area contributed by atoms with Crippen molar-refractivity contribution in [3.63, 3.8) is 0 Å². The molecule has 0 atom stereocenters. The Hall–Kier alpha value is -7.24. The summed E-state index contributed by atoms with van der Waals surface area (Å²) in [6.07, 6.45) is 0. The number of hydrogen-bond acceptors (Lipinski definition) is 5. The first kappa shape index (κ1) is 30.6. The summed E-state index contributed by atoms with van der Waals surface area (Å²) < 4.78 is 6.19. The van der Waals surface area contributed by atoms with E-state index in [9.17, 15) is 0 Å². The highest BCUT2D eigenvalue weighted by atomic mass is 16.3. The molecule has 0 unspecified atom stereocenters. The third-order valence-electron chi connectivity index (χ3n) is 9.71. The molecule has 0 N–H and O–H groups in total. The Labute approximate surface area is 305 Å². The van der Waals surface area contributed by atoms with Gasteiger partial charge in [-0.1, -0.05) is 133 Å². The lowest BCUT2D eigenvalue weighted by atomic mass is 9.90. The molecule has 248 valence electrons. The average Bonchev–Trinajstić information content (AvgIpc) is 3.68. The molecule has 10 aromatic rings. The fourth-order valence-electron chi connectivity index (χ4n) is 7.12. The molecule has 0 amide bonds. The van der Waals surface area contributed by atoms with Crippen molar-refractivity contribution in [3.05, 3.63) is 182 Å². The van der Waals surface area contributed by atoms with E-state index in [1.54, 1.807) is 0 Å². The Balaban J connectivity index is 1.22. The van der Waals surface area contributed by atoms with Crippen LogP contribution in [0.25, 0.3) is 101 Å². The van der Waals surface area contributed by atoms with Crippen LogP contribution in [0.5, 0.6) is 0 Å². The van der Waals surface area contributed by atoms with Crippen LogP contribution in [0.1, 0.15) is 0 Å². The zero-order chi connectivity index (χ0) is 35.1. The van der Waals surface area contributed by atoms with E-state index >= 15 is 0 Å². The van der Waals surface area contributed by atoms with Gasteiger partial charge in [0.25, 0.3) is 0 Å². The highest BCUT2D eigenvalue weighted by Gasteiger charge is 2.17. The first-order chi connectivity index (χ1) is 26.2. The van der Waals surface area contributed by atoms with Crippen molar-refractivity contribution in [2.24, 2.45) is 0 Å². The third kappa shape index (κ3) is 5.71. The van der Waals surface area contributed by atoms with Crippen molar-refractivity contribution in [2.45, 2.75) is 0 Å². The van der Waals surface area contributed by atoms with Gasteiger partial charge in [-0.3, -0.25) is 0 Å². The Morgan fingerprint density at radius 1 is 0.321 bits per heavy atom. The molecule has 2 aromatic heterocycles. The maximum absolute atomic E-state index is 6.19. The molecule has 0 saturated carbocycles. The summed E-state index contributed by atoms with van der Waals surface area (Å²) in [4.78, 5) is 20.1. The zero-order valence-corrected chi connectivity index (χ0v) is 28.5. The van der Waals surface area contributed by atoms with Gasteiger partial charge in [0.15, 0.2) is 23.1 Å². The summed E-state index contributed by atoms with van der Waals surface area (Å²) in [5, 5.41) is 4.80. The molecule has 0 radical (unpaired) electrons. The zero-order valence-electron chi connectivity index (χ0n) is 28.5. The van der Waals surface area contributed by atoms with Gasteiger partial charge in [-0.15, -0.1) is 0 Å². The quantitative estimate of drug-likeness (QED) is 0.164. The third-order valence-corrected chi connectivity index (χ3v) is 9.71. The van der Waals surface area contributed by atoms with Gasteiger partial charge in [-0.2, -0.15) is 0 Å². The van der Waals surface area contributed by atoms with Crippen LogP contribution in [0.15, 0.2) is 186 Å². The van der Waals surface area contributed by atoms with Crippen LogP contribution in [0.4, 0.5) is 0 Å². The van der Waals surface area contributed by atoms with Crippen molar-refractivity contribution in [1.29, 1.82) is 0 Å². The molecule has 0 aliphatic carbocycles. The van der Waals surface area contributed by atoms with E-state index in [0.29, 0.717) is 23.4 Å². The second-order valence-electron chi connectivity index (χ2n) is 13.1. The minimum atomic E-state index is 0.597. The van der Waals surface area contributed by atoms with Gasteiger partial charge >= 0.3 is 0 Å². The predicted octanol–water partition coefficient (Wildman–Crippen LogP) is 12.3. The van der Waals surface area contributed by atoms with Crippen LogP contribution in [0.3, 0.4) is 0 Å². The van der Waals surface area contributed by atoms with E-state index < -0.39 is 0 Å². The summed E-state index contributed by atoms with van der Waals surface area (Å²) >= 11 is 0. The van der Waals surface area contributed by atoms with E-state index in [1.807, 2.05) is 97.1 Å². The highest BCUT2D eigenvalue weighted by Crippen LogP contribution is 2.39. The number of fused-ring (bicyclic) bond motifs is 4. The summed E-state index contributed by atoms with van der Waals surface area (Å²) in [5.74, 6) is 2.44. The van der Waals surface area contributed by atoms with Gasteiger partial charge < -0.3 is 4.42 Å². The van der Waals surface area contributed by atoms with Crippen molar-refractivity contribution in [2.75, 3.05) is 0 Å². The van der Waals surface area contributed by atoms with Crippen LogP contribution in [-0.4, -0.2) is 19.9 Å². The smallest absolute Gasteiger partial charge is 0.227 e. The average molecular weight is 679 g/mol. The fourth-order valence-corrected chi connectivity index (χ4v) is 7.12. The lowest BCUT2D eigenvalue weighted by Gasteiger charge is -2.15. The lowest BCUT2D eigenvalue weighted by molar-refractivity contribution is 0.620. The molecule has 8 aromatic carbocycles. The molecule has 2 heterocycles. The van der Waals surface area contributed by atoms with Crippen LogP contribution in [0.2, 0.25) is 0 Å². The van der Waals surface area contributed by atoms with Crippen molar-refractivity contribution in [1.82, 2.24) is 19.9 Å². The van der Waals surface area contributed by atoms with Crippen LogP contribution in [-0.2, 0) is 0 Å². The van der Waals surface area contributed by atoms with Gasteiger partial charge in [0.1, 0.15) is 5.52 Å². The fraction of sp³-hybridized carbons (Fsp3) is 0. The second-order valence-corrected chi connectivity index (χ2v) is 13.1. The Bertz CT molecular complexity index is 2880. The van der Waals surface area contributed by atoms with Crippen LogP contribution in [0, 0.1) is 0 Å². The number of rotatable bonds is 6. The minimum absolute atomic E-state index is 0.597.